The SMILES string of the molecule is COc1cccc(C=Nc2ccc(F)c(Cl)c2)c1O[C@H](C)C(=O)O. The van der Waals surface area contributed by atoms with Crippen LogP contribution in [0.15, 0.2) is 41.4 Å². The summed E-state index contributed by atoms with van der Waals surface area (Å²) in [6.07, 6.45) is 0.407. The van der Waals surface area contributed by atoms with Crippen molar-refractivity contribution >= 4 is 29.5 Å². The smallest absolute Gasteiger partial charge is 0.344 e. The molecule has 0 spiro atoms. The summed E-state index contributed by atoms with van der Waals surface area (Å²) in [5.41, 5.74) is 0.962. The van der Waals surface area contributed by atoms with E-state index in [4.69, 9.17) is 26.2 Å². The number of methoxy groups -OCH3 is 1. The predicted octanol–water partition coefficient (Wildman–Crippen LogP) is 4.09. The lowest BCUT2D eigenvalue weighted by atomic mass is 10.2. The summed E-state index contributed by atoms with van der Waals surface area (Å²) in [7, 11) is 1.45. The summed E-state index contributed by atoms with van der Waals surface area (Å²) in [6, 6.07) is 9.13. The highest BCUT2D eigenvalue weighted by atomic mass is 35.5. The van der Waals surface area contributed by atoms with Crippen molar-refractivity contribution in [3.8, 4) is 11.5 Å². The van der Waals surface area contributed by atoms with Crippen LogP contribution in [0.2, 0.25) is 5.02 Å². The quantitative estimate of drug-likeness (QED) is 0.796. The van der Waals surface area contributed by atoms with E-state index in [2.05, 4.69) is 4.99 Å². The molecule has 0 heterocycles. The molecule has 0 saturated heterocycles. The van der Waals surface area contributed by atoms with Crippen LogP contribution < -0.4 is 9.47 Å². The zero-order chi connectivity index (χ0) is 17.7. The minimum atomic E-state index is -1.10. The molecule has 0 saturated carbocycles. The maximum atomic E-state index is 13.2. The zero-order valence-corrected chi connectivity index (χ0v) is 13.7. The van der Waals surface area contributed by atoms with E-state index >= 15 is 0 Å². The van der Waals surface area contributed by atoms with Crippen LogP contribution in [0.5, 0.6) is 11.5 Å². The van der Waals surface area contributed by atoms with Crippen molar-refractivity contribution in [2.75, 3.05) is 7.11 Å². The summed E-state index contributed by atoms with van der Waals surface area (Å²) >= 11 is 5.72. The topological polar surface area (TPSA) is 68.1 Å². The van der Waals surface area contributed by atoms with Gasteiger partial charge < -0.3 is 14.6 Å². The number of nitrogens with zero attached hydrogens (tertiary/aromatic N) is 1. The largest absolute Gasteiger partial charge is 0.493 e. The molecule has 24 heavy (non-hydrogen) atoms. The molecule has 2 aromatic rings. The molecule has 0 fully saturated rings. The first-order valence-electron chi connectivity index (χ1n) is 6.98. The number of ether oxygens (including phenoxy) is 2. The van der Waals surface area contributed by atoms with Gasteiger partial charge in [0.25, 0.3) is 0 Å². The summed E-state index contributed by atoms with van der Waals surface area (Å²) in [4.78, 5) is 15.2. The van der Waals surface area contributed by atoms with Crippen molar-refractivity contribution in [2.24, 2.45) is 4.99 Å². The first-order valence-corrected chi connectivity index (χ1v) is 7.35. The van der Waals surface area contributed by atoms with Gasteiger partial charge in [-0.05, 0) is 37.3 Å². The highest BCUT2D eigenvalue weighted by Crippen LogP contribution is 2.31. The highest BCUT2D eigenvalue weighted by Gasteiger charge is 2.17. The number of hydrogen-bond acceptors (Lipinski definition) is 4. The van der Waals surface area contributed by atoms with Gasteiger partial charge in [-0.3, -0.25) is 4.99 Å². The first kappa shape index (κ1) is 17.7. The average Bonchev–Trinajstić information content (AvgIpc) is 2.56. The maximum absolute atomic E-state index is 13.2. The summed E-state index contributed by atoms with van der Waals surface area (Å²) in [5.74, 6) is -0.999. The molecule has 5 nitrogen and oxygen atoms in total. The minimum Gasteiger partial charge on any atom is -0.493 e. The van der Waals surface area contributed by atoms with Crippen LogP contribution in [0.1, 0.15) is 12.5 Å². The van der Waals surface area contributed by atoms with E-state index in [-0.39, 0.29) is 10.8 Å². The Morgan fingerprint density at radius 1 is 1.38 bits per heavy atom. The number of para-hydroxylation sites is 1. The molecule has 1 atom stereocenters. The van der Waals surface area contributed by atoms with Gasteiger partial charge in [-0.2, -0.15) is 0 Å². The van der Waals surface area contributed by atoms with E-state index in [9.17, 15) is 9.18 Å². The van der Waals surface area contributed by atoms with Crippen LogP contribution in [-0.2, 0) is 4.79 Å². The Morgan fingerprint density at radius 2 is 2.12 bits per heavy atom. The average molecular weight is 352 g/mol. The van der Waals surface area contributed by atoms with E-state index in [1.807, 2.05) is 0 Å². The number of benzene rings is 2. The van der Waals surface area contributed by atoms with Crippen LogP contribution >= 0.6 is 11.6 Å². The molecule has 2 rings (SSSR count). The summed E-state index contributed by atoms with van der Waals surface area (Å²) in [5, 5.41) is 8.98. The van der Waals surface area contributed by atoms with Crippen molar-refractivity contribution in [3.63, 3.8) is 0 Å². The number of aliphatic imine (C=N–C) groups is 1. The van der Waals surface area contributed by atoms with Gasteiger partial charge >= 0.3 is 5.97 Å². The van der Waals surface area contributed by atoms with Crippen LogP contribution in [0.25, 0.3) is 0 Å². The van der Waals surface area contributed by atoms with E-state index in [1.54, 1.807) is 18.2 Å². The lowest BCUT2D eigenvalue weighted by Gasteiger charge is -2.15. The molecule has 1 N–H and O–H groups in total. The highest BCUT2D eigenvalue weighted by molar-refractivity contribution is 6.31. The molecule has 7 heteroatoms. The van der Waals surface area contributed by atoms with E-state index in [1.165, 1.54) is 38.4 Å². The monoisotopic (exact) mass is 351 g/mol. The van der Waals surface area contributed by atoms with Crippen molar-refractivity contribution in [1.29, 1.82) is 0 Å². The lowest BCUT2D eigenvalue weighted by molar-refractivity contribution is -0.144. The molecule has 0 bridgehead atoms. The normalized spacial score (nSPS) is 12.2. The summed E-state index contributed by atoms with van der Waals surface area (Å²) in [6.45, 7) is 1.41. The fourth-order valence-electron chi connectivity index (χ4n) is 1.86. The second kappa shape index (κ2) is 7.79. The van der Waals surface area contributed by atoms with Gasteiger partial charge in [0, 0.05) is 11.8 Å². The maximum Gasteiger partial charge on any atom is 0.344 e. The third-order valence-corrected chi connectivity index (χ3v) is 3.42. The zero-order valence-electron chi connectivity index (χ0n) is 13.0. The molecule has 0 aliphatic heterocycles. The minimum absolute atomic E-state index is 0.0359. The lowest BCUT2D eigenvalue weighted by Crippen LogP contribution is -2.23. The molecule has 126 valence electrons. The van der Waals surface area contributed by atoms with Gasteiger partial charge in [-0.25, -0.2) is 9.18 Å². The number of rotatable bonds is 6. The van der Waals surface area contributed by atoms with Crippen molar-refractivity contribution in [1.82, 2.24) is 0 Å². The van der Waals surface area contributed by atoms with Crippen molar-refractivity contribution in [2.45, 2.75) is 13.0 Å². The molecule has 0 aliphatic rings. The second-order valence-corrected chi connectivity index (χ2v) is 5.24. The Bertz CT molecular complexity index is 779. The van der Waals surface area contributed by atoms with Gasteiger partial charge in [0.1, 0.15) is 5.82 Å². The molecule has 0 aliphatic carbocycles. The Morgan fingerprint density at radius 3 is 2.75 bits per heavy atom. The van der Waals surface area contributed by atoms with Gasteiger partial charge in [0.05, 0.1) is 17.8 Å². The molecule has 0 amide bonds. The molecular weight excluding hydrogens is 337 g/mol. The Hall–Kier alpha value is -2.60. The fraction of sp³-hybridized carbons (Fsp3) is 0.176. The van der Waals surface area contributed by atoms with Crippen LogP contribution in [0.3, 0.4) is 0 Å². The molecule has 2 aromatic carbocycles. The number of carboxylic acid groups (broad SMARTS) is 1. The van der Waals surface area contributed by atoms with Crippen molar-refractivity contribution in [3.05, 3.63) is 52.8 Å². The van der Waals surface area contributed by atoms with E-state index in [0.717, 1.165) is 0 Å². The number of halogens is 2. The molecule has 0 unspecified atom stereocenters. The standard InChI is InChI=1S/C17H15ClFNO4/c1-10(17(21)22)24-16-11(4-3-5-15(16)23-2)9-20-12-6-7-14(19)13(18)8-12/h3-10H,1-2H3,(H,21,22)/t10-/m1/s1. The fourth-order valence-corrected chi connectivity index (χ4v) is 2.03. The van der Waals surface area contributed by atoms with E-state index < -0.39 is 17.9 Å². The summed E-state index contributed by atoms with van der Waals surface area (Å²) < 4.78 is 23.8. The Balaban J connectivity index is 2.36. The van der Waals surface area contributed by atoms with Crippen LogP contribution in [0, 0.1) is 5.82 Å². The van der Waals surface area contributed by atoms with Gasteiger partial charge in [0.2, 0.25) is 0 Å². The predicted molar refractivity (Wildman–Crippen MR) is 89.4 cm³/mol. The first-order chi connectivity index (χ1) is 11.4. The number of hydrogen-bond donors (Lipinski definition) is 1. The van der Waals surface area contributed by atoms with Gasteiger partial charge in [-0.15, -0.1) is 0 Å². The molecule has 0 radical (unpaired) electrons. The molecule has 0 aromatic heterocycles. The van der Waals surface area contributed by atoms with Crippen LogP contribution in [0.4, 0.5) is 10.1 Å². The third-order valence-electron chi connectivity index (χ3n) is 3.13. The Kier molecular flexibility index (Phi) is 5.76. The van der Waals surface area contributed by atoms with Crippen LogP contribution in [-0.4, -0.2) is 30.5 Å². The van der Waals surface area contributed by atoms with Crippen molar-refractivity contribution < 1.29 is 23.8 Å². The van der Waals surface area contributed by atoms with E-state index in [0.29, 0.717) is 17.0 Å². The van der Waals surface area contributed by atoms with Gasteiger partial charge in [-0.1, -0.05) is 17.7 Å². The Labute approximate surface area is 143 Å². The van der Waals surface area contributed by atoms with Gasteiger partial charge in [0.15, 0.2) is 17.6 Å². The number of carbonyl (C=O) groups is 1. The second-order valence-electron chi connectivity index (χ2n) is 4.83. The number of carboxylic acids is 1. The third kappa shape index (κ3) is 4.23. The molecular formula is C17H15ClFNO4. The number of aliphatic carboxylic acids is 1.